The number of aliphatic hydroxyl groups excluding tert-OH is 1. The molecule has 1 unspecified atom stereocenters. The van der Waals surface area contributed by atoms with Crippen LogP contribution in [-0.4, -0.2) is 43.3 Å². The summed E-state index contributed by atoms with van der Waals surface area (Å²) in [5.74, 6) is 0.762. The smallest absolute Gasteiger partial charge is 0.214 e. The van der Waals surface area contributed by atoms with Gasteiger partial charge in [-0.25, -0.2) is 12.7 Å². The van der Waals surface area contributed by atoms with E-state index in [4.69, 9.17) is 5.11 Å². The summed E-state index contributed by atoms with van der Waals surface area (Å²) in [4.78, 5) is 0. The normalized spacial score (nSPS) is 24.2. The van der Waals surface area contributed by atoms with Gasteiger partial charge in [-0.1, -0.05) is 13.3 Å². The van der Waals surface area contributed by atoms with Crippen LogP contribution in [0.4, 0.5) is 0 Å². The topological polar surface area (TPSA) is 57.6 Å². The van der Waals surface area contributed by atoms with Crippen molar-refractivity contribution in [2.24, 2.45) is 5.92 Å². The lowest BCUT2D eigenvalue weighted by Crippen LogP contribution is -2.34. The van der Waals surface area contributed by atoms with Crippen molar-refractivity contribution in [2.45, 2.75) is 39.0 Å². The summed E-state index contributed by atoms with van der Waals surface area (Å²) in [5.41, 5.74) is 0. The van der Waals surface area contributed by atoms with Gasteiger partial charge in [0.1, 0.15) is 0 Å². The van der Waals surface area contributed by atoms with E-state index in [9.17, 15) is 8.42 Å². The van der Waals surface area contributed by atoms with Gasteiger partial charge in [-0.3, -0.25) is 0 Å². The van der Waals surface area contributed by atoms with Crippen LogP contribution in [-0.2, 0) is 10.0 Å². The van der Waals surface area contributed by atoms with Crippen LogP contribution in [0.2, 0.25) is 0 Å². The first-order valence-corrected chi connectivity index (χ1v) is 7.79. The molecule has 5 heteroatoms. The molecule has 1 aliphatic rings. The van der Waals surface area contributed by atoms with Crippen molar-refractivity contribution < 1.29 is 13.5 Å². The van der Waals surface area contributed by atoms with E-state index in [0.29, 0.717) is 25.4 Å². The Kier molecular flexibility index (Phi) is 5.72. The minimum atomic E-state index is -3.13. The van der Waals surface area contributed by atoms with Crippen LogP contribution in [0.1, 0.15) is 39.0 Å². The largest absolute Gasteiger partial charge is 0.396 e. The molecule has 0 spiro atoms. The van der Waals surface area contributed by atoms with Crippen LogP contribution in [0, 0.1) is 5.92 Å². The Morgan fingerprint density at radius 1 is 1.31 bits per heavy atom. The minimum Gasteiger partial charge on any atom is -0.396 e. The summed E-state index contributed by atoms with van der Waals surface area (Å²) in [7, 11) is -3.13. The fourth-order valence-corrected chi connectivity index (χ4v) is 3.74. The maximum Gasteiger partial charge on any atom is 0.214 e. The molecule has 4 nitrogen and oxygen atoms in total. The fourth-order valence-electron chi connectivity index (χ4n) is 2.20. The predicted molar refractivity (Wildman–Crippen MR) is 64.7 cm³/mol. The first-order chi connectivity index (χ1) is 7.60. The molecule has 96 valence electrons. The van der Waals surface area contributed by atoms with E-state index in [0.717, 1.165) is 25.7 Å². The number of hydrogen-bond acceptors (Lipinski definition) is 3. The highest BCUT2D eigenvalue weighted by Gasteiger charge is 2.24. The highest BCUT2D eigenvalue weighted by molar-refractivity contribution is 7.89. The van der Waals surface area contributed by atoms with Crippen LogP contribution in [0.25, 0.3) is 0 Å². The molecule has 0 aliphatic carbocycles. The number of sulfonamides is 1. The predicted octanol–water partition coefficient (Wildman–Crippen LogP) is 1.21. The van der Waals surface area contributed by atoms with Crippen molar-refractivity contribution in [1.82, 2.24) is 4.31 Å². The van der Waals surface area contributed by atoms with E-state index in [1.807, 2.05) is 0 Å². The minimum absolute atomic E-state index is 0.0509. The number of hydrogen-bond donors (Lipinski definition) is 1. The average Bonchev–Trinajstić information content (AvgIpc) is 2.51. The Labute approximate surface area is 98.7 Å². The third-order valence-electron chi connectivity index (χ3n) is 3.34. The van der Waals surface area contributed by atoms with Crippen LogP contribution < -0.4 is 0 Å². The van der Waals surface area contributed by atoms with Crippen molar-refractivity contribution >= 4 is 10.0 Å². The average molecular weight is 249 g/mol. The molecule has 0 bridgehead atoms. The number of rotatable bonds is 5. The summed E-state index contributed by atoms with van der Waals surface area (Å²) in [6.45, 7) is 3.43. The number of nitrogens with zero attached hydrogens (tertiary/aromatic N) is 1. The zero-order valence-electron chi connectivity index (χ0n) is 10.1. The lowest BCUT2D eigenvalue weighted by atomic mass is 9.98. The van der Waals surface area contributed by atoms with Gasteiger partial charge in [0.25, 0.3) is 0 Å². The first kappa shape index (κ1) is 13.9. The third kappa shape index (κ3) is 4.03. The Morgan fingerprint density at radius 2 is 2.06 bits per heavy atom. The number of aliphatic hydroxyl groups is 1. The summed E-state index contributed by atoms with van der Waals surface area (Å²) >= 11 is 0. The van der Waals surface area contributed by atoms with Crippen molar-refractivity contribution in [3.05, 3.63) is 0 Å². The summed E-state index contributed by atoms with van der Waals surface area (Å²) in [6, 6.07) is 0. The molecule has 1 atom stereocenters. The Hall–Kier alpha value is -0.130. The molecule has 1 heterocycles. The molecular weight excluding hydrogens is 226 g/mol. The van der Waals surface area contributed by atoms with Crippen molar-refractivity contribution in [1.29, 1.82) is 0 Å². The molecule has 0 aromatic heterocycles. The van der Waals surface area contributed by atoms with Gasteiger partial charge in [-0.15, -0.1) is 0 Å². The van der Waals surface area contributed by atoms with Gasteiger partial charge in [-0.2, -0.15) is 0 Å². The highest BCUT2D eigenvalue weighted by atomic mass is 32.2. The second kappa shape index (κ2) is 6.57. The molecule has 1 rings (SSSR count). The van der Waals surface area contributed by atoms with Gasteiger partial charge in [-0.05, 0) is 31.6 Å². The zero-order chi connectivity index (χ0) is 12.0. The molecule has 1 fully saturated rings. The summed E-state index contributed by atoms with van der Waals surface area (Å²) < 4.78 is 25.4. The monoisotopic (exact) mass is 249 g/mol. The maximum atomic E-state index is 11.9. The molecule has 0 amide bonds. The van der Waals surface area contributed by atoms with E-state index in [1.165, 1.54) is 0 Å². The van der Waals surface area contributed by atoms with E-state index in [1.54, 1.807) is 4.31 Å². The van der Waals surface area contributed by atoms with Crippen LogP contribution in [0.3, 0.4) is 0 Å². The second-order valence-corrected chi connectivity index (χ2v) is 6.59. The van der Waals surface area contributed by atoms with E-state index >= 15 is 0 Å². The summed E-state index contributed by atoms with van der Waals surface area (Å²) in [5, 5.41) is 8.68. The third-order valence-corrected chi connectivity index (χ3v) is 5.29. The van der Waals surface area contributed by atoms with Gasteiger partial charge < -0.3 is 5.11 Å². The Bertz CT molecular complexity index is 290. The van der Waals surface area contributed by atoms with Crippen LogP contribution in [0.5, 0.6) is 0 Å². The van der Waals surface area contributed by atoms with E-state index in [2.05, 4.69) is 6.92 Å². The standard InChI is InChI=1S/C11H23NO3S/c1-2-11-5-3-7-12(8-6-11)16(14,15)10-4-9-13/h11,13H,2-10H2,1H3. The van der Waals surface area contributed by atoms with Gasteiger partial charge >= 0.3 is 0 Å². The SMILES string of the molecule is CCC1CCCN(S(=O)(=O)CCCO)CC1. The van der Waals surface area contributed by atoms with Crippen molar-refractivity contribution in [3.8, 4) is 0 Å². The summed E-state index contributed by atoms with van der Waals surface area (Å²) in [6.07, 6.45) is 4.58. The lowest BCUT2D eigenvalue weighted by molar-refractivity contribution is 0.294. The van der Waals surface area contributed by atoms with Crippen LogP contribution in [0.15, 0.2) is 0 Å². The molecule has 0 radical (unpaired) electrons. The van der Waals surface area contributed by atoms with Gasteiger partial charge in [0.05, 0.1) is 5.75 Å². The molecule has 0 saturated carbocycles. The molecule has 0 aromatic carbocycles. The molecular formula is C11H23NO3S. The van der Waals surface area contributed by atoms with Gasteiger partial charge in [0.2, 0.25) is 10.0 Å². The van der Waals surface area contributed by atoms with Crippen molar-refractivity contribution in [2.75, 3.05) is 25.4 Å². The van der Waals surface area contributed by atoms with Crippen LogP contribution >= 0.6 is 0 Å². The van der Waals surface area contributed by atoms with E-state index in [-0.39, 0.29) is 12.4 Å². The Balaban J connectivity index is 2.53. The maximum absolute atomic E-state index is 11.9. The Morgan fingerprint density at radius 3 is 2.69 bits per heavy atom. The fraction of sp³-hybridized carbons (Fsp3) is 1.00. The van der Waals surface area contributed by atoms with Crippen molar-refractivity contribution in [3.63, 3.8) is 0 Å². The molecule has 16 heavy (non-hydrogen) atoms. The highest BCUT2D eigenvalue weighted by Crippen LogP contribution is 2.22. The second-order valence-electron chi connectivity index (χ2n) is 4.50. The molecule has 1 aliphatic heterocycles. The molecule has 1 N–H and O–H groups in total. The zero-order valence-corrected chi connectivity index (χ0v) is 10.9. The molecule has 0 aromatic rings. The quantitative estimate of drug-likeness (QED) is 0.797. The van der Waals surface area contributed by atoms with E-state index < -0.39 is 10.0 Å². The lowest BCUT2D eigenvalue weighted by Gasteiger charge is -2.19. The van der Waals surface area contributed by atoms with Gasteiger partial charge in [0, 0.05) is 19.7 Å². The first-order valence-electron chi connectivity index (χ1n) is 6.19. The van der Waals surface area contributed by atoms with Gasteiger partial charge in [0.15, 0.2) is 0 Å². The molecule has 1 saturated heterocycles.